The molecule has 3 N–H and O–H groups in total. The van der Waals surface area contributed by atoms with Crippen LogP contribution in [0, 0.1) is 5.92 Å². The van der Waals surface area contributed by atoms with Gasteiger partial charge in [-0.15, -0.1) is 0 Å². The molecule has 0 radical (unpaired) electrons. The van der Waals surface area contributed by atoms with Crippen molar-refractivity contribution in [1.29, 1.82) is 0 Å². The number of ether oxygens (including phenoxy) is 1. The number of aromatic nitrogens is 3. The molecule has 1 amide bonds. The number of nitrogens with one attached hydrogen (secondary N) is 2. The Labute approximate surface area is 175 Å². The molecule has 0 bridgehead atoms. The zero-order valence-electron chi connectivity index (χ0n) is 17.0. The number of thioether (sulfide) groups is 1. The van der Waals surface area contributed by atoms with E-state index in [2.05, 4.69) is 25.0 Å². The molecule has 1 aliphatic rings. The number of sulfonamides is 1. The number of anilines is 2. The quantitative estimate of drug-likeness (QED) is 0.443. The molecule has 1 fully saturated rings. The highest BCUT2D eigenvalue weighted by Crippen LogP contribution is 2.23. The number of hydrogen-bond acceptors (Lipinski definition) is 10. The molecule has 0 saturated carbocycles. The molecule has 2 rings (SSSR count). The molecule has 1 unspecified atom stereocenters. The average molecular weight is 449 g/mol. The molecule has 1 saturated heterocycles. The summed E-state index contributed by atoms with van der Waals surface area (Å²) in [4.78, 5) is 25.8. The first-order valence-corrected chi connectivity index (χ1v) is 12.1. The fourth-order valence-corrected chi connectivity index (χ4v) is 4.18. The van der Waals surface area contributed by atoms with Gasteiger partial charge in [0.2, 0.25) is 21.9 Å². The van der Waals surface area contributed by atoms with E-state index in [0.29, 0.717) is 36.3 Å². The van der Waals surface area contributed by atoms with Gasteiger partial charge in [-0.05, 0) is 12.3 Å². The predicted molar refractivity (Wildman–Crippen MR) is 110 cm³/mol. The second-order valence-corrected chi connectivity index (χ2v) is 10.0. The summed E-state index contributed by atoms with van der Waals surface area (Å²) in [5.41, 5.74) is 0. The third-order valence-corrected chi connectivity index (χ3v) is 5.66. The van der Waals surface area contributed by atoms with Crippen molar-refractivity contribution in [3.63, 3.8) is 0 Å². The van der Waals surface area contributed by atoms with Crippen LogP contribution in [0.1, 0.15) is 26.7 Å². The third-order valence-electron chi connectivity index (χ3n) is 4.12. The summed E-state index contributed by atoms with van der Waals surface area (Å²) >= 11 is 1.29. The van der Waals surface area contributed by atoms with Gasteiger partial charge in [0.05, 0.1) is 25.5 Å². The Morgan fingerprint density at radius 1 is 1.31 bits per heavy atom. The summed E-state index contributed by atoms with van der Waals surface area (Å²) in [6.07, 6.45) is 2.00. The summed E-state index contributed by atoms with van der Waals surface area (Å²) < 4.78 is 30.4. The number of amides is 1. The zero-order valence-corrected chi connectivity index (χ0v) is 18.6. The Balaban J connectivity index is 2.18. The Hall–Kier alpha value is -1.86. The van der Waals surface area contributed by atoms with Crippen molar-refractivity contribution in [2.24, 2.45) is 5.92 Å². The predicted octanol–water partition coefficient (Wildman–Crippen LogP) is 0.995. The summed E-state index contributed by atoms with van der Waals surface area (Å²) in [5.74, 6) is 0.920. The van der Waals surface area contributed by atoms with Crippen molar-refractivity contribution in [2.45, 2.75) is 43.9 Å². The molecule has 164 valence electrons. The van der Waals surface area contributed by atoms with Crippen molar-refractivity contribution < 1.29 is 23.1 Å². The molecule has 0 spiro atoms. The lowest BCUT2D eigenvalue weighted by Crippen LogP contribution is -2.44. The molecule has 1 aliphatic heterocycles. The van der Waals surface area contributed by atoms with E-state index >= 15 is 0 Å². The maximum atomic E-state index is 11.7. The lowest BCUT2D eigenvalue weighted by atomic mass is 10.0. The van der Waals surface area contributed by atoms with Gasteiger partial charge in [0.25, 0.3) is 0 Å². The van der Waals surface area contributed by atoms with Gasteiger partial charge in [-0.1, -0.05) is 25.6 Å². The second-order valence-electron chi connectivity index (χ2n) is 7.27. The second kappa shape index (κ2) is 10.3. The van der Waals surface area contributed by atoms with E-state index < -0.39 is 10.0 Å². The monoisotopic (exact) mass is 448 g/mol. The highest BCUT2D eigenvalue weighted by Gasteiger charge is 2.26. The van der Waals surface area contributed by atoms with E-state index in [-0.39, 0.29) is 36.7 Å². The standard InChI is InChI=1S/C16H28N6O5S2/c1-10(2)7-11(8-23)17-13-18-14(21-29(4,25)26)20-15(19-13)28-9-12-5-6-27-16(24)22(12)3/h10-12,23H,5-9H2,1-4H3,(H2,17,18,19,20,21)/t11-,12?/m1/s1. The Bertz CT molecular complexity index is 807. The van der Waals surface area contributed by atoms with Gasteiger partial charge >= 0.3 is 6.09 Å². The van der Waals surface area contributed by atoms with Gasteiger partial charge < -0.3 is 20.1 Å². The number of carbonyl (C=O) groups excluding carboxylic acids is 1. The first-order valence-electron chi connectivity index (χ1n) is 9.21. The molecule has 2 heterocycles. The number of cyclic esters (lactones) is 1. The van der Waals surface area contributed by atoms with Crippen LogP contribution in [0.25, 0.3) is 0 Å². The minimum atomic E-state index is -3.57. The molecule has 0 aliphatic carbocycles. The van der Waals surface area contributed by atoms with Crippen molar-refractivity contribution in [2.75, 3.05) is 42.3 Å². The van der Waals surface area contributed by atoms with E-state index in [1.165, 1.54) is 16.7 Å². The van der Waals surface area contributed by atoms with Gasteiger partial charge in [0, 0.05) is 25.3 Å². The number of aliphatic hydroxyl groups is 1. The lowest BCUT2D eigenvalue weighted by Gasteiger charge is -2.31. The molecule has 0 aromatic carbocycles. The number of hydrogen-bond donors (Lipinski definition) is 3. The van der Waals surface area contributed by atoms with E-state index in [1.807, 2.05) is 13.8 Å². The van der Waals surface area contributed by atoms with Crippen LogP contribution in [0.4, 0.5) is 16.7 Å². The number of carbonyl (C=O) groups is 1. The summed E-state index contributed by atoms with van der Waals surface area (Å²) in [6.45, 7) is 4.30. The Kier molecular flexibility index (Phi) is 8.28. The SMILES string of the molecule is CC(C)C[C@H](CO)Nc1nc(NS(C)(=O)=O)nc(SCC2CCOC(=O)N2C)n1. The molecule has 11 nitrogen and oxygen atoms in total. The van der Waals surface area contributed by atoms with Crippen molar-refractivity contribution in [3.05, 3.63) is 0 Å². The minimum absolute atomic E-state index is 0.0492. The molecule has 1 aromatic heterocycles. The van der Waals surface area contributed by atoms with Crippen LogP contribution in [-0.4, -0.2) is 83.8 Å². The van der Waals surface area contributed by atoms with E-state index in [1.54, 1.807) is 7.05 Å². The third kappa shape index (κ3) is 7.82. The van der Waals surface area contributed by atoms with Crippen molar-refractivity contribution >= 4 is 39.8 Å². The lowest BCUT2D eigenvalue weighted by molar-refractivity contribution is 0.0622. The van der Waals surface area contributed by atoms with Crippen LogP contribution >= 0.6 is 11.8 Å². The van der Waals surface area contributed by atoms with E-state index in [4.69, 9.17) is 4.74 Å². The molecular formula is C16H28N6O5S2. The molecular weight excluding hydrogens is 420 g/mol. The van der Waals surface area contributed by atoms with E-state index in [0.717, 1.165) is 6.26 Å². The number of rotatable bonds is 10. The van der Waals surface area contributed by atoms with Gasteiger partial charge in [-0.3, -0.25) is 4.72 Å². The molecule has 29 heavy (non-hydrogen) atoms. The number of aliphatic hydroxyl groups excluding tert-OH is 1. The van der Waals surface area contributed by atoms with Crippen molar-refractivity contribution in [1.82, 2.24) is 19.9 Å². The normalized spacial score (nSPS) is 18.5. The first-order chi connectivity index (χ1) is 13.6. The van der Waals surface area contributed by atoms with Crippen LogP contribution in [0.3, 0.4) is 0 Å². The molecule has 13 heteroatoms. The van der Waals surface area contributed by atoms with Crippen LogP contribution in [0.2, 0.25) is 0 Å². The molecule has 2 atom stereocenters. The molecule has 1 aromatic rings. The van der Waals surface area contributed by atoms with E-state index in [9.17, 15) is 18.3 Å². The average Bonchev–Trinajstić information content (AvgIpc) is 2.60. The fourth-order valence-electron chi connectivity index (χ4n) is 2.72. The summed E-state index contributed by atoms with van der Waals surface area (Å²) in [7, 11) is -1.91. The van der Waals surface area contributed by atoms with Crippen LogP contribution in [-0.2, 0) is 14.8 Å². The number of nitrogens with zero attached hydrogens (tertiary/aromatic N) is 4. The first kappa shape index (κ1) is 23.4. The largest absolute Gasteiger partial charge is 0.449 e. The van der Waals surface area contributed by atoms with Gasteiger partial charge in [-0.2, -0.15) is 15.0 Å². The van der Waals surface area contributed by atoms with Gasteiger partial charge in [0.1, 0.15) is 0 Å². The Morgan fingerprint density at radius 2 is 2.00 bits per heavy atom. The maximum Gasteiger partial charge on any atom is 0.409 e. The van der Waals surface area contributed by atoms with Crippen LogP contribution < -0.4 is 10.0 Å². The van der Waals surface area contributed by atoms with Crippen LogP contribution in [0.15, 0.2) is 5.16 Å². The Morgan fingerprint density at radius 3 is 2.62 bits per heavy atom. The zero-order chi connectivity index (χ0) is 21.6. The highest BCUT2D eigenvalue weighted by atomic mass is 32.2. The summed E-state index contributed by atoms with van der Waals surface area (Å²) in [6, 6.07) is -0.326. The smallest absolute Gasteiger partial charge is 0.409 e. The van der Waals surface area contributed by atoms with Gasteiger partial charge in [0.15, 0.2) is 5.16 Å². The summed E-state index contributed by atoms with van der Waals surface area (Å²) in [5, 5.41) is 12.9. The van der Waals surface area contributed by atoms with Crippen molar-refractivity contribution in [3.8, 4) is 0 Å². The fraction of sp³-hybridized carbons (Fsp3) is 0.750. The van der Waals surface area contributed by atoms with Gasteiger partial charge in [-0.25, -0.2) is 13.2 Å². The highest BCUT2D eigenvalue weighted by molar-refractivity contribution is 7.99. The topological polar surface area (TPSA) is 147 Å². The maximum absolute atomic E-state index is 11.7. The van der Waals surface area contributed by atoms with Crippen LogP contribution in [0.5, 0.6) is 0 Å². The minimum Gasteiger partial charge on any atom is -0.449 e.